The topological polar surface area (TPSA) is 109 Å². The number of ketones is 1. The normalized spacial score (nSPS) is 49.4. The molecule has 6 heteroatoms. The van der Waals surface area contributed by atoms with Gasteiger partial charge in [-0.15, -0.1) is 0 Å². The van der Waals surface area contributed by atoms with Crippen molar-refractivity contribution < 1.29 is 19.5 Å². The average Bonchev–Trinajstić information content (AvgIpc) is 2.80. The van der Waals surface area contributed by atoms with E-state index >= 15 is 0 Å². The van der Waals surface area contributed by atoms with Crippen LogP contribution in [0.2, 0.25) is 0 Å². The quantitative estimate of drug-likeness (QED) is 0.409. The second-order valence-corrected chi connectivity index (χ2v) is 16.2. The lowest BCUT2D eigenvalue weighted by atomic mass is 9.33. The Balaban J connectivity index is 1.55. The Hall–Kier alpha value is -1.69. The zero-order valence-electron chi connectivity index (χ0n) is 25.6. The van der Waals surface area contributed by atoms with Gasteiger partial charge in [0, 0.05) is 24.2 Å². The van der Waals surface area contributed by atoms with Crippen LogP contribution in [-0.2, 0) is 14.4 Å². The molecule has 0 aromatic heterocycles. The van der Waals surface area contributed by atoms with E-state index in [1.54, 1.807) is 0 Å². The first-order valence-electron chi connectivity index (χ1n) is 15.4. The zero-order valence-corrected chi connectivity index (χ0v) is 25.6. The first kappa shape index (κ1) is 28.8. The van der Waals surface area contributed by atoms with Gasteiger partial charge in [-0.3, -0.25) is 14.4 Å². The van der Waals surface area contributed by atoms with Crippen molar-refractivity contribution in [1.82, 2.24) is 5.32 Å². The third-order valence-electron chi connectivity index (χ3n) is 14.0. The van der Waals surface area contributed by atoms with Crippen molar-refractivity contribution in [2.24, 2.45) is 61.9 Å². The third kappa shape index (κ3) is 3.78. The molecule has 0 saturated heterocycles. The van der Waals surface area contributed by atoms with Gasteiger partial charge in [0.2, 0.25) is 11.8 Å². The fourth-order valence-electron chi connectivity index (χ4n) is 11.3. The summed E-state index contributed by atoms with van der Waals surface area (Å²) in [6.07, 6.45) is 9.55. The number of aliphatic hydroxyl groups excluding tert-OH is 1. The summed E-state index contributed by atoms with van der Waals surface area (Å²) in [6, 6.07) is 0. The smallest absolute Gasteiger partial charge is 0.223 e. The van der Waals surface area contributed by atoms with Crippen molar-refractivity contribution in [3.63, 3.8) is 0 Å². The van der Waals surface area contributed by atoms with E-state index in [1.807, 2.05) is 13.0 Å². The second kappa shape index (κ2) is 8.66. The number of primary amides is 1. The fraction of sp³-hybridized carbons (Fsp3) is 0.848. The van der Waals surface area contributed by atoms with Gasteiger partial charge in [0.05, 0.1) is 0 Å². The monoisotopic (exact) mass is 540 g/mol. The summed E-state index contributed by atoms with van der Waals surface area (Å²) in [5, 5.41) is 13.7. The van der Waals surface area contributed by atoms with Crippen LogP contribution in [0.1, 0.15) is 113 Å². The van der Waals surface area contributed by atoms with Gasteiger partial charge >= 0.3 is 0 Å². The maximum atomic E-state index is 14.5. The van der Waals surface area contributed by atoms with Gasteiger partial charge < -0.3 is 16.2 Å². The van der Waals surface area contributed by atoms with E-state index in [0.717, 1.165) is 57.8 Å². The molecule has 4 saturated carbocycles. The van der Waals surface area contributed by atoms with Crippen LogP contribution in [-0.4, -0.2) is 28.9 Å². The minimum Gasteiger partial charge on any atom is -0.373 e. The maximum Gasteiger partial charge on any atom is 0.223 e. The Morgan fingerprint density at radius 2 is 1.62 bits per heavy atom. The molecule has 0 aliphatic heterocycles. The predicted octanol–water partition coefficient (Wildman–Crippen LogP) is 5.52. The summed E-state index contributed by atoms with van der Waals surface area (Å²) >= 11 is 0. The second-order valence-electron chi connectivity index (χ2n) is 16.2. The van der Waals surface area contributed by atoms with E-state index in [-0.39, 0.29) is 68.3 Å². The highest BCUT2D eigenvalue weighted by atomic mass is 16.3. The van der Waals surface area contributed by atoms with Crippen molar-refractivity contribution in [3.8, 4) is 0 Å². The molecule has 2 unspecified atom stereocenters. The lowest BCUT2D eigenvalue weighted by Crippen LogP contribution is -2.67. The third-order valence-corrected chi connectivity index (χ3v) is 14.0. The van der Waals surface area contributed by atoms with Gasteiger partial charge in [-0.1, -0.05) is 54.0 Å². The van der Waals surface area contributed by atoms with Crippen molar-refractivity contribution in [3.05, 3.63) is 11.6 Å². The Kier molecular flexibility index (Phi) is 6.40. The molecule has 4 N–H and O–H groups in total. The maximum absolute atomic E-state index is 14.5. The van der Waals surface area contributed by atoms with E-state index in [0.29, 0.717) is 0 Å². The standard InChI is InChI=1S/C33H52N2O4/c1-19(36)35-26(38)20-9-11-31(6)24(28(20,2)3)10-12-33(8)25(31)23(37)17-21-22-18-30(5,27(34)39)14-13-29(22,4)15-16-32(21,33)7/h17,20,22,24-26,38H,9-16,18H2,1-8H3,(H2,34,39)(H,35,36)/t20-,22-,24?,25-,26?,29-,30+,31+,32-,33-/m1/s1. The van der Waals surface area contributed by atoms with Gasteiger partial charge in [-0.2, -0.15) is 0 Å². The molecule has 0 spiro atoms. The minimum atomic E-state index is -0.872. The molecule has 0 aromatic rings. The number of rotatable bonds is 3. The van der Waals surface area contributed by atoms with Crippen LogP contribution in [0.3, 0.4) is 0 Å². The molecule has 0 radical (unpaired) electrons. The lowest BCUT2D eigenvalue weighted by Gasteiger charge is -2.71. The molecular weight excluding hydrogens is 488 g/mol. The van der Waals surface area contributed by atoms with Gasteiger partial charge in [-0.25, -0.2) is 0 Å². The van der Waals surface area contributed by atoms with Crippen LogP contribution in [0, 0.1) is 56.2 Å². The highest BCUT2D eigenvalue weighted by Crippen LogP contribution is 2.75. The van der Waals surface area contributed by atoms with Crippen molar-refractivity contribution in [2.45, 2.75) is 119 Å². The number of amides is 2. The first-order chi connectivity index (χ1) is 17.9. The number of allylic oxidation sites excluding steroid dienone is 2. The molecule has 5 aliphatic carbocycles. The average molecular weight is 541 g/mol. The van der Waals surface area contributed by atoms with Gasteiger partial charge in [0.1, 0.15) is 6.23 Å². The van der Waals surface area contributed by atoms with Crippen LogP contribution >= 0.6 is 0 Å². The molecule has 5 rings (SSSR count). The molecule has 39 heavy (non-hydrogen) atoms. The summed E-state index contributed by atoms with van der Waals surface area (Å²) < 4.78 is 0. The number of hydrogen-bond acceptors (Lipinski definition) is 4. The largest absolute Gasteiger partial charge is 0.373 e. The number of carbonyl (C=O) groups excluding carboxylic acids is 3. The zero-order chi connectivity index (χ0) is 29.0. The number of fused-ring (bicyclic) bond motifs is 7. The van der Waals surface area contributed by atoms with Crippen molar-refractivity contribution in [2.75, 3.05) is 0 Å². The van der Waals surface area contributed by atoms with Crippen LogP contribution in [0.5, 0.6) is 0 Å². The number of nitrogens with one attached hydrogen (secondary N) is 1. The molecule has 0 aromatic carbocycles. The van der Waals surface area contributed by atoms with Gasteiger partial charge in [0.25, 0.3) is 0 Å². The first-order valence-corrected chi connectivity index (χ1v) is 15.4. The number of aliphatic hydroxyl groups is 1. The molecule has 5 aliphatic rings. The Morgan fingerprint density at radius 1 is 0.974 bits per heavy atom. The van der Waals surface area contributed by atoms with Crippen LogP contribution in [0.25, 0.3) is 0 Å². The van der Waals surface area contributed by atoms with Gasteiger partial charge in [0.15, 0.2) is 5.78 Å². The number of carbonyl (C=O) groups is 3. The summed E-state index contributed by atoms with van der Waals surface area (Å²) in [4.78, 5) is 38.7. The van der Waals surface area contributed by atoms with Crippen LogP contribution in [0.4, 0.5) is 0 Å². The lowest BCUT2D eigenvalue weighted by molar-refractivity contribution is -0.202. The molecule has 4 fully saturated rings. The van der Waals surface area contributed by atoms with Gasteiger partial charge in [-0.05, 0) is 103 Å². The molecule has 0 bridgehead atoms. The van der Waals surface area contributed by atoms with E-state index in [1.165, 1.54) is 12.5 Å². The summed E-state index contributed by atoms with van der Waals surface area (Å²) in [5.41, 5.74) is 6.14. The molecule has 2 amide bonds. The SMILES string of the molecule is CC(=O)NC(O)[C@H]1CC[C@@]2(C)C(CC[C@]3(C)[C@@H]2C(=O)C=C2[C@H]4C[C@@](C)(C(N)=O)CC[C@]4(C)CC[C@]23C)C1(C)C. The van der Waals surface area contributed by atoms with Crippen molar-refractivity contribution >= 4 is 17.6 Å². The van der Waals surface area contributed by atoms with E-state index in [2.05, 4.69) is 46.9 Å². The predicted molar refractivity (Wildman–Crippen MR) is 152 cm³/mol. The molecule has 218 valence electrons. The molecule has 6 nitrogen and oxygen atoms in total. The Morgan fingerprint density at radius 3 is 2.23 bits per heavy atom. The Labute approximate surface area is 235 Å². The molecule has 10 atom stereocenters. The Bertz CT molecular complexity index is 1130. The van der Waals surface area contributed by atoms with Crippen LogP contribution in [0.15, 0.2) is 11.6 Å². The van der Waals surface area contributed by atoms with E-state index in [4.69, 9.17) is 5.73 Å². The number of hydrogen-bond donors (Lipinski definition) is 3. The molecule has 0 heterocycles. The number of nitrogens with two attached hydrogens (primary N) is 1. The summed E-state index contributed by atoms with van der Waals surface area (Å²) in [6.45, 7) is 17.5. The van der Waals surface area contributed by atoms with E-state index in [9.17, 15) is 19.5 Å². The van der Waals surface area contributed by atoms with E-state index < -0.39 is 11.6 Å². The highest BCUT2D eigenvalue weighted by molar-refractivity contribution is 5.95. The van der Waals surface area contributed by atoms with Crippen molar-refractivity contribution in [1.29, 1.82) is 0 Å². The molecular formula is C33H52N2O4. The summed E-state index contributed by atoms with van der Waals surface area (Å²) in [5.74, 6) is 0.195. The summed E-state index contributed by atoms with van der Waals surface area (Å²) in [7, 11) is 0. The minimum absolute atomic E-state index is 0.0479. The fourth-order valence-corrected chi connectivity index (χ4v) is 11.3. The highest BCUT2D eigenvalue weighted by Gasteiger charge is 2.70. The van der Waals surface area contributed by atoms with Crippen LogP contribution < -0.4 is 11.1 Å².